The first-order valence-corrected chi connectivity index (χ1v) is 5.86. The second-order valence-corrected chi connectivity index (χ2v) is 4.67. The molecular weight excluding hydrogens is 230 g/mol. The number of hydrogen-bond acceptors (Lipinski definition) is 3. The van der Waals surface area contributed by atoms with Crippen LogP contribution in [0.5, 0.6) is 0 Å². The summed E-state index contributed by atoms with van der Waals surface area (Å²) >= 11 is 0. The van der Waals surface area contributed by atoms with Gasteiger partial charge in [0.05, 0.1) is 6.04 Å². The van der Waals surface area contributed by atoms with Crippen LogP contribution in [-0.2, 0) is 4.79 Å². The zero-order valence-electron chi connectivity index (χ0n) is 10.6. The van der Waals surface area contributed by atoms with Gasteiger partial charge in [0.25, 0.3) is 0 Å². The van der Waals surface area contributed by atoms with E-state index in [9.17, 15) is 9.59 Å². The molecule has 5 nitrogen and oxygen atoms in total. The van der Waals surface area contributed by atoms with E-state index in [1.807, 2.05) is 13.8 Å². The highest BCUT2D eigenvalue weighted by Gasteiger charge is 2.15. The van der Waals surface area contributed by atoms with Gasteiger partial charge in [-0.1, -0.05) is 19.9 Å². The molecule has 0 aliphatic carbocycles. The number of nitrogens with one attached hydrogen (secondary N) is 1. The highest BCUT2D eigenvalue weighted by Crippen LogP contribution is 2.11. The van der Waals surface area contributed by atoms with Crippen LogP contribution >= 0.6 is 0 Å². The highest BCUT2D eigenvalue weighted by molar-refractivity contribution is 5.97. The van der Waals surface area contributed by atoms with Gasteiger partial charge in [-0.15, -0.1) is 0 Å². The molecule has 0 aliphatic heterocycles. The summed E-state index contributed by atoms with van der Waals surface area (Å²) in [6.45, 7) is 4.00. The number of carbonyl (C=O) groups excluding carboxylic acids is 2. The normalized spacial score (nSPS) is 12.2. The quantitative estimate of drug-likeness (QED) is 0.728. The third-order valence-electron chi connectivity index (χ3n) is 2.48. The van der Waals surface area contributed by atoms with Crippen molar-refractivity contribution in [2.75, 3.05) is 5.32 Å². The van der Waals surface area contributed by atoms with Crippen molar-refractivity contribution in [2.45, 2.75) is 26.3 Å². The van der Waals surface area contributed by atoms with E-state index in [2.05, 4.69) is 5.32 Å². The molecule has 5 N–H and O–H groups in total. The first kappa shape index (κ1) is 14.2. The van der Waals surface area contributed by atoms with Gasteiger partial charge in [0.1, 0.15) is 0 Å². The summed E-state index contributed by atoms with van der Waals surface area (Å²) in [5, 5.41) is 2.67. The summed E-state index contributed by atoms with van der Waals surface area (Å²) in [6.07, 6.45) is 0.612. The molecule has 0 heterocycles. The number of rotatable bonds is 5. The molecule has 1 aromatic carbocycles. The van der Waals surface area contributed by atoms with Crippen LogP contribution in [0.25, 0.3) is 0 Å². The molecule has 0 aromatic heterocycles. The number of primary amides is 1. The molecular formula is C13H19N3O2. The van der Waals surface area contributed by atoms with Gasteiger partial charge in [-0.3, -0.25) is 9.59 Å². The molecule has 98 valence electrons. The van der Waals surface area contributed by atoms with Crippen molar-refractivity contribution in [3.63, 3.8) is 0 Å². The minimum absolute atomic E-state index is 0.259. The summed E-state index contributed by atoms with van der Waals surface area (Å²) in [5.41, 5.74) is 11.8. The van der Waals surface area contributed by atoms with E-state index in [1.54, 1.807) is 18.2 Å². The Morgan fingerprint density at radius 1 is 1.33 bits per heavy atom. The van der Waals surface area contributed by atoms with Crippen LogP contribution in [0, 0.1) is 5.92 Å². The minimum Gasteiger partial charge on any atom is -0.366 e. The molecule has 0 saturated heterocycles. The van der Waals surface area contributed by atoms with E-state index in [0.29, 0.717) is 23.6 Å². The number of nitrogens with two attached hydrogens (primary N) is 2. The second kappa shape index (κ2) is 6.16. The molecule has 0 spiro atoms. The maximum Gasteiger partial charge on any atom is 0.248 e. The Kier molecular flexibility index (Phi) is 4.85. The Labute approximate surface area is 107 Å². The van der Waals surface area contributed by atoms with Crippen LogP contribution < -0.4 is 16.8 Å². The average Bonchev–Trinajstić information content (AvgIpc) is 2.28. The molecule has 0 unspecified atom stereocenters. The lowest BCUT2D eigenvalue weighted by Crippen LogP contribution is -2.36. The molecule has 1 rings (SSSR count). The Bertz CT molecular complexity index is 444. The lowest BCUT2D eigenvalue weighted by molar-refractivity contribution is -0.117. The van der Waals surface area contributed by atoms with Crippen molar-refractivity contribution >= 4 is 17.5 Å². The van der Waals surface area contributed by atoms with Crippen molar-refractivity contribution in [3.05, 3.63) is 29.8 Å². The molecule has 2 amide bonds. The Morgan fingerprint density at radius 3 is 2.56 bits per heavy atom. The van der Waals surface area contributed by atoms with Crippen LogP contribution in [0.4, 0.5) is 5.69 Å². The summed E-state index contributed by atoms with van der Waals surface area (Å²) in [6, 6.07) is 5.91. The Morgan fingerprint density at radius 2 is 2.00 bits per heavy atom. The average molecular weight is 249 g/mol. The topological polar surface area (TPSA) is 98.2 Å². The Hall–Kier alpha value is -1.88. The zero-order chi connectivity index (χ0) is 13.7. The predicted octanol–water partition coefficient (Wildman–Crippen LogP) is 1.10. The van der Waals surface area contributed by atoms with Gasteiger partial charge in [0, 0.05) is 11.3 Å². The van der Waals surface area contributed by atoms with Gasteiger partial charge in [-0.25, -0.2) is 0 Å². The monoisotopic (exact) mass is 249 g/mol. The summed E-state index contributed by atoms with van der Waals surface area (Å²) in [7, 11) is 0. The molecule has 0 aliphatic rings. The van der Waals surface area contributed by atoms with Gasteiger partial charge in [-0.2, -0.15) is 0 Å². The number of amides is 2. The number of hydrogen-bond donors (Lipinski definition) is 3. The van der Waals surface area contributed by atoms with Crippen molar-refractivity contribution < 1.29 is 9.59 Å². The van der Waals surface area contributed by atoms with Crippen molar-refractivity contribution in [2.24, 2.45) is 17.4 Å². The maximum atomic E-state index is 11.8. The third-order valence-corrected chi connectivity index (χ3v) is 2.48. The molecule has 1 atom stereocenters. The smallest absolute Gasteiger partial charge is 0.248 e. The van der Waals surface area contributed by atoms with E-state index in [1.165, 1.54) is 6.07 Å². The second-order valence-electron chi connectivity index (χ2n) is 4.67. The van der Waals surface area contributed by atoms with E-state index in [-0.39, 0.29) is 5.91 Å². The Balaban J connectivity index is 2.70. The fraction of sp³-hybridized carbons (Fsp3) is 0.385. The van der Waals surface area contributed by atoms with Gasteiger partial charge >= 0.3 is 0 Å². The number of carbonyl (C=O) groups is 2. The standard InChI is InChI=1S/C13H19N3O2/c1-8(2)6-11(14)13(18)16-10-5-3-4-9(7-10)12(15)17/h3-5,7-8,11H,6,14H2,1-2H3,(H2,15,17)(H,16,18)/t11-/m0/s1. The van der Waals surface area contributed by atoms with Gasteiger partial charge in [-0.05, 0) is 30.5 Å². The summed E-state index contributed by atoms with van der Waals surface area (Å²) in [4.78, 5) is 22.8. The minimum atomic E-state index is -0.553. The van der Waals surface area contributed by atoms with Gasteiger partial charge in [0.2, 0.25) is 11.8 Å². The van der Waals surface area contributed by atoms with Crippen molar-refractivity contribution in [1.29, 1.82) is 0 Å². The zero-order valence-corrected chi connectivity index (χ0v) is 10.6. The van der Waals surface area contributed by atoms with Crippen molar-refractivity contribution in [3.8, 4) is 0 Å². The third kappa shape index (κ3) is 4.18. The van der Waals surface area contributed by atoms with Crippen LogP contribution in [0.2, 0.25) is 0 Å². The van der Waals surface area contributed by atoms with Gasteiger partial charge < -0.3 is 16.8 Å². The first-order valence-electron chi connectivity index (χ1n) is 5.86. The molecule has 5 heteroatoms. The molecule has 0 bridgehead atoms. The molecule has 0 radical (unpaired) electrons. The van der Waals surface area contributed by atoms with E-state index in [4.69, 9.17) is 11.5 Å². The fourth-order valence-electron chi connectivity index (χ4n) is 1.60. The van der Waals surface area contributed by atoms with Gasteiger partial charge in [0.15, 0.2) is 0 Å². The molecule has 0 saturated carbocycles. The molecule has 0 fully saturated rings. The predicted molar refractivity (Wildman–Crippen MR) is 71.0 cm³/mol. The van der Waals surface area contributed by atoms with Crippen LogP contribution in [0.1, 0.15) is 30.6 Å². The first-order chi connectivity index (χ1) is 8.40. The van der Waals surface area contributed by atoms with Crippen LogP contribution in [0.3, 0.4) is 0 Å². The molecule has 18 heavy (non-hydrogen) atoms. The SMILES string of the molecule is CC(C)C[C@H](N)C(=O)Nc1cccc(C(N)=O)c1. The van der Waals surface area contributed by atoms with E-state index >= 15 is 0 Å². The number of anilines is 1. The molecule has 1 aromatic rings. The fourth-order valence-corrected chi connectivity index (χ4v) is 1.60. The van der Waals surface area contributed by atoms with Crippen LogP contribution in [-0.4, -0.2) is 17.9 Å². The maximum absolute atomic E-state index is 11.8. The lowest BCUT2D eigenvalue weighted by atomic mass is 10.0. The highest BCUT2D eigenvalue weighted by atomic mass is 16.2. The van der Waals surface area contributed by atoms with E-state index in [0.717, 1.165) is 0 Å². The number of benzene rings is 1. The van der Waals surface area contributed by atoms with E-state index < -0.39 is 11.9 Å². The van der Waals surface area contributed by atoms with Crippen LogP contribution in [0.15, 0.2) is 24.3 Å². The summed E-state index contributed by atoms with van der Waals surface area (Å²) in [5.74, 6) is -0.439. The van der Waals surface area contributed by atoms with Crippen molar-refractivity contribution in [1.82, 2.24) is 0 Å². The summed E-state index contributed by atoms with van der Waals surface area (Å²) < 4.78 is 0. The lowest BCUT2D eigenvalue weighted by Gasteiger charge is -2.14. The largest absolute Gasteiger partial charge is 0.366 e.